The highest BCUT2D eigenvalue weighted by molar-refractivity contribution is 7.90. The third-order valence-electron chi connectivity index (χ3n) is 4.03. The van der Waals surface area contributed by atoms with Crippen LogP contribution in [0.15, 0.2) is 18.2 Å². The van der Waals surface area contributed by atoms with Crippen LogP contribution < -0.4 is 0 Å². The molecule has 1 aliphatic heterocycles. The summed E-state index contributed by atoms with van der Waals surface area (Å²) in [7, 11) is -2.87. The molecule has 0 spiro atoms. The van der Waals surface area contributed by atoms with Gasteiger partial charge in [0.05, 0.1) is 5.75 Å². The standard InChI is InChI=1S/C15H23NO2S/c1-12-6-7-14(11-13(12)2)15-5-4-8-16(15)9-10-19(3,17)18/h6-7,11,15H,4-5,8-10H2,1-3H3. The van der Waals surface area contributed by atoms with Gasteiger partial charge in [0.2, 0.25) is 0 Å². The number of hydrogen-bond acceptors (Lipinski definition) is 3. The molecule has 3 nitrogen and oxygen atoms in total. The first-order chi connectivity index (χ1) is 8.87. The average Bonchev–Trinajstić information content (AvgIpc) is 2.77. The van der Waals surface area contributed by atoms with Crippen molar-refractivity contribution >= 4 is 9.84 Å². The van der Waals surface area contributed by atoms with Gasteiger partial charge in [0.1, 0.15) is 9.84 Å². The van der Waals surface area contributed by atoms with E-state index < -0.39 is 9.84 Å². The fraction of sp³-hybridized carbons (Fsp3) is 0.600. The van der Waals surface area contributed by atoms with E-state index in [9.17, 15) is 8.42 Å². The van der Waals surface area contributed by atoms with Crippen molar-refractivity contribution in [3.8, 4) is 0 Å². The van der Waals surface area contributed by atoms with E-state index in [0.29, 0.717) is 12.6 Å². The fourth-order valence-electron chi connectivity index (χ4n) is 2.73. The summed E-state index contributed by atoms with van der Waals surface area (Å²) in [4.78, 5) is 2.31. The molecule has 1 aliphatic rings. The minimum atomic E-state index is -2.87. The van der Waals surface area contributed by atoms with Gasteiger partial charge >= 0.3 is 0 Å². The van der Waals surface area contributed by atoms with Gasteiger partial charge in [-0.3, -0.25) is 4.90 Å². The molecule has 1 aromatic rings. The van der Waals surface area contributed by atoms with Crippen molar-refractivity contribution < 1.29 is 8.42 Å². The van der Waals surface area contributed by atoms with Crippen molar-refractivity contribution in [3.63, 3.8) is 0 Å². The highest BCUT2D eigenvalue weighted by Gasteiger charge is 2.26. The van der Waals surface area contributed by atoms with E-state index in [2.05, 4.69) is 36.9 Å². The Morgan fingerprint density at radius 1 is 1.26 bits per heavy atom. The molecule has 0 amide bonds. The van der Waals surface area contributed by atoms with Crippen LogP contribution in [-0.4, -0.2) is 38.4 Å². The van der Waals surface area contributed by atoms with Gasteiger partial charge in [0.15, 0.2) is 0 Å². The van der Waals surface area contributed by atoms with Crippen LogP contribution in [0.1, 0.15) is 35.6 Å². The Hall–Kier alpha value is -0.870. The third-order valence-corrected chi connectivity index (χ3v) is 4.95. The van der Waals surface area contributed by atoms with E-state index in [4.69, 9.17) is 0 Å². The zero-order valence-corrected chi connectivity index (χ0v) is 12.8. The number of hydrogen-bond donors (Lipinski definition) is 0. The van der Waals surface area contributed by atoms with Crippen LogP contribution >= 0.6 is 0 Å². The molecule has 0 N–H and O–H groups in total. The lowest BCUT2D eigenvalue weighted by Crippen LogP contribution is -2.28. The van der Waals surface area contributed by atoms with Crippen molar-refractivity contribution in [1.82, 2.24) is 4.90 Å². The van der Waals surface area contributed by atoms with E-state index in [1.807, 2.05) is 0 Å². The lowest BCUT2D eigenvalue weighted by atomic mass is 9.99. The molecular weight excluding hydrogens is 258 g/mol. The Morgan fingerprint density at radius 3 is 2.63 bits per heavy atom. The first kappa shape index (κ1) is 14.5. The smallest absolute Gasteiger partial charge is 0.148 e. The highest BCUT2D eigenvalue weighted by Crippen LogP contribution is 2.32. The van der Waals surface area contributed by atoms with Crippen LogP contribution in [0.25, 0.3) is 0 Å². The maximum absolute atomic E-state index is 11.3. The molecule has 2 rings (SSSR count). The number of rotatable bonds is 4. The van der Waals surface area contributed by atoms with Gasteiger partial charge in [-0.15, -0.1) is 0 Å². The maximum atomic E-state index is 11.3. The minimum absolute atomic E-state index is 0.258. The average molecular weight is 281 g/mol. The summed E-state index contributed by atoms with van der Waals surface area (Å²) < 4.78 is 22.6. The third kappa shape index (κ3) is 3.80. The van der Waals surface area contributed by atoms with E-state index in [1.54, 1.807) is 0 Å². The largest absolute Gasteiger partial charge is 0.295 e. The quantitative estimate of drug-likeness (QED) is 0.851. The number of nitrogens with zero attached hydrogens (tertiary/aromatic N) is 1. The Morgan fingerprint density at radius 2 is 2.00 bits per heavy atom. The summed E-state index contributed by atoms with van der Waals surface area (Å²) in [6.07, 6.45) is 3.60. The van der Waals surface area contributed by atoms with Crippen LogP contribution in [0.3, 0.4) is 0 Å². The second-order valence-corrected chi connectivity index (χ2v) is 7.93. The predicted molar refractivity (Wildman–Crippen MR) is 79.2 cm³/mol. The van der Waals surface area contributed by atoms with Crippen LogP contribution in [-0.2, 0) is 9.84 Å². The molecule has 4 heteroatoms. The van der Waals surface area contributed by atoms with Crippen molar-refractivity contribution in [2.24, 2.45) is 0 Å². The molecule has 0 saturated carbocycles. The number of aryl methyl sites for hydroxylation is 2. The van der Waals surface area contributed by atoms with Gasteiger partial charge < -0.3 is 0 Å². The molecule has 1 unspecified atom stereocenters. The summed E-state index contributed by atoms with van der Waals surface area (Å²) in [6.45, 7) is 5.91. The molecule has 0 aliphatic carbocycles. The van der Waals surface area contributed by atoms with Crippen molar-refractivity contribution in [2.75, 3.05) is 25.1 Å². The first-order valence-electron chi connectivity index (χ1n) is 6.86. The molecule has 1 heterocycles. The molecular formula is C15H23NO2S. The molecule has 1 fully saturated rings. The van der Waals surface area contributed by atoms with Crippen LogP contribution in [0, 0.1) is 13.8 Å². The van der Waals surface area contributed by atoms with Gasteiger partial charge in [-0.2, -0.15) is 0 Å². The normalized spacial score (nSPS) is 20.9. The van der Waals surface area contributed by atoms with Crippen LogP contribution in [0.2, 0.25) is 0 Å². The Labute approximate surface area is 116 Å². The number of benzene rings is 1. The Bertz CT molecular complexity index is 551. The summed E-state index contributed by atoms with van der Waals surface area (Å²) in [5.41, 5.74) is 3.95. The van der Waals surface area contributed by atoms with Gasteiger partial charge in [0.25, 0.3) is 0 Å². The molecule has 106 valence electrons. The highest BCUT2D eigenvalue weighted by atomic mass is 32.2. The van der Waals surface area contributed by atoms with Crippen LogP contribution in [0.4, 0.5) is 0 Å². The lowest BCUT2D eigenvalue weighted by molar-refractivity contribution is 0.272. The zero-order valence-electron chi connectivity index (χ0n) is 12.0. The minimum Gasteiger partial charge on any atom is -0.295 e. The predicted octanol–water partition coefficient (Wildman–Crippen LogP) is 2.48. The molecule has 0 aromatic heterocycles. The second kappa shape index (κ2) is 5.63. The maximum Gasteiger partial charge on any atom is 0.148 e. The number of sulfone groups is 1. The Kier molecular flexibility index (Phi) is 4.31. The molecule has 1 aromatic carbocycles. The lowest BCUT2D eigenvalue weighted by Gasteiger charge is -2.25. The summed E-state index contributed by atoms with van der Waals surface area (Å²) in [5, 5.41) is 0. The molecule has 0 radical (unpaired) electrons. The Balaban J connectivity index is 2.11. The van der Waals surface area contributed by atoms with Crippen molar-refractivity contribution in [3.05, 3.63) is 34.9 Å². The number of likely N-dealkylation sites (tertiary alicyclic amines) is 1. The molecule has 19 heavy (non-hydrogen) atoms. The van der Waals surface area contributed by atoms with E-state index in [0.717, 1.165) is 19.4 Å². The fourth-order valence-corrected chi connectivity index (χ4v) is 3.29. The molecule has 0 bridgehead atoms. The topological polar surface area (TPSA) is 37.4 Å². The van der Waals surface area contributed by atoms with Gasteiger partial charge in [-0.25, -0.2) is 8.42 Å². The van der Waals surface area contributed by atoms with Gasteiger partial charge in [-0.1, -0.05) is 18.2 Å². The summed E-state index contributed by atoms with van der Waals surface area (Å²) in [6, 6.07) is 6.99. The van der Waals surface area contributed by atoms with Crippen LogP contribution in [0.5, 0.6) is 0 Å². The van der Waals surface area contributed by atoms with Crippen molar-refractivity contribution in [1.29, 1.82) is 0 Å². The molecule has 1 atom stereocenters. The summed E-state index contributed by atoms with van der Waals surface area (Å²) in [5.74, 6) is 0.258. The van der Waals surface area contributed by atoms with E-state index >= 15 is 0 Å². The monoisotopic (exact) mass is 281 g/mol. The first-order valence-corrected chi connectivity index (χ1v) is 8.92. The van der Waals surface area contributed by atoms with Crippen molar-refractivity contribution in [2.45, 2.75) is 32.7 Å². The van der Waals surface area contributed by atoms with Gasteiger partial charge in [0, 0.05) is 18.8 Å². The van der Waals surface area contributed by atoms with E-state index in [1.165, 1.54) is 22.9 Å². The van der Waals surface area contributed by atoms with E-state index in [-0.39, 0.29) is 5.75 Å². The van der Waals surface area contributed by atoms with Gasteiger partial charge in [-0.05, 0) is 49.9 Å². The second-order valence-electron chi connectivity index (χ2n) is 5.67. The molecule has 1 saturated heterocycles. The SMILES string of the molecule is Cc1ccc(C2CCCN2CCS(C)(=O)=O)cc1C. The summed E-state index contributed by atoms with van der Waals surface area (Å²) >= 11 is 0. The zero-order chi connectivity index (χ0) is 14.0.